The predicted octanol–water partition coefficient (Wildman–Crippen LogP) is 2.28. The SMILES string of the molecule is N#Cc1ccc(S(=O)(=O)NCc2ccco2)cc1Cl. The van der Waals surface area contributed by atoms with Gasteiger partial charge in [0.1, 0.15) is 11.8 Å². The van der Waals surface area contributed by atoms with Crippen LogP contribution in [0.15, 0.2) is 45.9 Å². The summed E-state index contributed by atoms with van der Waals surface area (Å²) >= 11 is 5.80. The minimum atomic E-state index is -3.69. The molecule has 0 saturated heterocycles. The summed E-state index contributed by atoms with van der Waals surface area (Å²) in [4.78, 5) is 0.00283. The molecular weight excluding hydrogens is 288 g/mol. The Morgan fingerprint density at radius 2 is 2.16 bits per heavy atom. The van der Waals surface area contributed by atoms with Crippen molar-refractivity contribution in [3.8, 4) is 6.07 Å². The Morgan fingerprint density at radius 3 is 2.74 bits per heavy atom. The average Bonchev–Trinajstić information content (AvgIpc) is 2.89. The third-order valence-electron chi connectivity index (χ3n) is 2.39. The first-order chi connectivity index (χ1) is 9.03. The normalized spacial score (nSPS) is 11.2. The fourth-order valence-electron chi connectivity index (χ4n) is 1.42. The van der Waals surface area contributed by atoms with Gasteiger partial charge in [-0.3, -0.25) is 0 Å². The standard InChI is InChI=1S/C12H9ClN2O3S/c13-12-6-11(4-3-9(12)7-14)19(16,17)15-8-10-2-1-5-18-10/h1-6,15H,8H2. The van der Waals surface area contributed by atoms with E-state index in [9.17, 15) is 8.42 Å². The van der Waals surface area contributed by atoms with Gasteiger partial charge in [-0.2, -0.15) is 5.26 Å². The lowest BCUT2D eigenvalue weighted by molar-refractivity contribution is 0.498. The molecule has 2 aromatic rings. The quantitative estimate of drug-likeness (QED) is 0.938. The second-order valence-electron chi connectivity index (χ2n) is 3.66. The van der Waals surface area contributed by atoms with Crippen LogP contribution in [0.2, 0.25) is 5.02 Å². The van der Waals surface area contributed by atoms with Crippen molar-refractivity contribution in [1.29, 1.82) is 5.26 Å². The van der Waals surface area contributed by atoms with E-state index in [0.717, 1.165) is 0 Å². The van der Waals surface area contributed by atoms with Crippen LogP contribution in [0, 0.1) is 11.3 Å². The van der Waals surface area contributed by atoms with Crippen LogP contribution in [-0.4, -0.2) is 8.42 Å². The molecule has 0 aliphatic rings. The Kier molecular flexibility index (Phi) is 3.90. The number of nitrogens with one attached hydrogen (secondary N) is 1. The van der Waals surface area contributed by atoms with E-state index in [4.69, 9.17) is 21.3 Å². The van der Waals surface area contributed by atoms with E-state index >= 15 is 0 Å². The molecule has 0 amide bonds. The summed E-state index contributed by atoms with van der Waals surface area (Å²) in [6.07, 6.45) is 1.46. The van der Waals surface area contributed by atoms with E-state index in [2.05, 4.69) is 4.72 Å². The van der Waals surface area contributed by atoms with Crippen molar-refractivity contribution >= 4 is 21.6 Å². The molecule has 0 aliphatic heterocycles. The molecule has 19 heavy (non-hydrogen) atoms. The minimum Gasteiger partial charge on any atom is -0.468 e. The molecule has 0 spiro atoms. The van der Waals surface area contributed by atoms with E-state index in [1.165, 1.54) is 24.5 Å². The van der Waals surface area contributed by atoms with Crippen LogP contribution in [0.3, 0.4) is 0 Å². The molecule has 2 rings (SSSR count). The summed E-state index contributed by atoms with van der Waals surface area (Å²) in [7, 11) is -3.69. The molecule has 0 saturated carbocycles. The molecule has 98 valence electrons. The zero-order chi connectivity index (χ0) is 13.9. The molecule has 1 aromatic heterocycles. The highest BCUT2D eigenvalue weighted by Gasteiger charge is 2.15. The third kappa shape index (κ3) is 3.15. The highest BCUT2D eigenvalue weighted by atomic mass is 35.5. The number of hydrogen-bond donors (Lipinski definition) is 1. The highest BCUT2D eigenvalue weighted by Crippen LogP contribution is 2.20. The molecule has 1 heterocycles. The fourth-order valence-corrected chi connectivity index (χ4v) is 2.72. The van der Waals surface area contributed by atoms with Crippen molar-refractivity contribution in [2.45, 2.75) is 11.4 Å². The number of hydrogen-bond acceptors (Lipinski definition) is 4. The van der Waals surface area contributed by atoms with Gasteiger partial charge >= 0.3 is 0 Å². The number of furan rings is 1. The average molecular weight is 297 g/mol. The summed E-state index contributed by atoms with van der Waals surface area (Å²) < 4.78 is 31.4. The molecule has 1 aromatic carbocycles. The largest absolute Gasteiger partial charge is 0.468 e. The Bertz CT molecular complexity index is 718. The van der Waals surface area contributed by atoms with Crippen LogP contribution < -0.4 is 4.72 Å². The Morgan fingerprint density at radius 1 is 1.37 bits per heavy atom. The van der Waals surface area contributed by atoms with Crippen molar-refractivity contribution in [3.05, 3.63) is 52.9 Å². The summed E-state index contributed by atoms with van der Waals surface area (Å²) in [5.74, 6) is 0.503. The maximum atomic E-state index is 12.0. The topological polar surface area (TPSA) is 83.1 Å². The van der Waals surface area contributed by atoms with Gasteiger partial charge in [-0.05, 0) is 30.3 Å². The smallest absolute Gasteiger partial charge is 0.241 e. The van der Waals surface area contributed by atoms with Gasteiger partial charge in [0, 0.05) is 0 Å². The van der Waals surface area contributed by atoms with Crippen molar-refractivity contribution in [1.82, 2.24) is 4.72 Å². The molecule has 0 unspecified atom stereocenters. The van der Waals surface area contributed by atoms with Crippen LogP contribution in [0.5, 0.6) is 0 Å². The van der Waals surface area contributed by atoms with Gasteiger partial charge in [-0.15, -0.1) is 0 Å². The summed E-state index contributed by atoms with van der Waals surface area (Å²) in [6.45, 7) is 0.0486. The van der Waals surface area contributed by atoms with Crippen LogP contribution in [-0.2, 0) is 16.6 Å². The van der Waals surface area contributed by atoms with Crippen LogP contribution in [0.4, 0.5) is 0 Å². The number of halogens is 1. The first-order valence-electron chi connectivity index (χ1n) is 5.24. The maximum Gasteiger partial charge on any atom is 0.241 e. The Balaban J connectivity index is 2.20. The molecule has 0 atom stereocenters. The Labute approximate surface area is 115 Å². The first kappa shape index (κ1) is 13.6. The van der Waals surface area contributed by atoms with E-state index in [1.54, 1.807) is 12.1 Å². The highest BCUT2D eigenvalue weighted by molar-refractivity contribution is 7.89. The summed E-state index contributed by atoms with van der Waals surface area (Å²) in [5, 5.41) is 8.83. The van der Waals surface area contributed by atoms with E-state index < -0.39 is 10.0 Å². The lowest BCUT2D eigenvalue weighted by Gasteiger charge is -2.06. The van der Waals surface area contributed by atoms with Gasteiger partial charge in [0.05, 0.1) is 28.3 Å². The molecule has 0 fully saturated rings. The Hall–Kier alpha value is -1.81. The molecule has 0 radical (unpaired) electrons. The second kappa shape index (κ2) is 5.45. The van der Waals surface area contributed by atoms with Crippen molar-refractivity contribution < 1.29 is 12.8 Å². The lowest BCUT2D eigenvalue weighted by atomic mass is 10.2. The number of nitriles is 1. The molecule has 0 bridgehead atoms. The van der Waals surface area contributed by atoms with Gasteiger partial charge in [0.25, 0.3) is 0 Å². The summed E-state index contributed by atoms with van der Waals surface area (Å²) in [6, 6.07) is 9.13. The van der Waals surface area contributed by atoms with Gasteiger partial charge in [-0.25, -0.2) is 13.1 Å². The van der Waals surface area contributed by atoms with Gasteiger partial charge in [0.15, 0.2) is 0 Å². The molecule has 5 nitrogen and oxygen atoms in total. The van der Waals surface area contributed by atoms with E-state index in [0.29, 0.717) is 5.76 Å². The number of nitrogens with zero attached hydrogens (tertiary/aromatic N) is 1. The molecule has 1 N–H and O–H groups in total. The van der Waals surface area contributed by atoms with Crippen molar-refractivity contribution in [2.24, 2.45) is 0 Å². The van der Waals surface area contributed by atoms with Gasteiger partial charge < -0.3 is 4.42 Å². The van der Waals surface area contributed by atoms with Crippen molar-refractivity contribution in [2.75, 3.05) is 0 Å². The number of sulfonamides is 1. The molecular formula is C12H9ClN2O3S. The number of benzene rings is 1. The van der Waals surface area contributed by atoms with Gasteiger partial charge in [-0.1, -0.05) is 11.6 Å². The zero-order valence-electron chi connectivity index (χ0n) is 9.63. The summed E-state index contributed by atoms with van der Waals surface area (Å²) in [5.41, 5.74) is 0.228. The van der Waals surface area contributed by atoms with Crippen molar-refractivity contribution in [3.63, 3.8) is 0 Å². The van der Waals surface area contributed by atoms with Crippen LogP contribution in [0.1, 0.15) is 11.3 Å². The second-order valence-corrected chi connectivity index (χ2v) is 5.83. The van der Waals surface area contributed by atoms with E-state index in [1.807, 2.05) is 6.07 Å². The molecule has 0 aliphatic carbocycles. The van der Waals surface area contributed by atoms with Crippen LogP contribution >= 0.6 is 11.6 Å². The minimum absolute atomic E-state index is 0.00283. The lowest BCUT2D eigenvalue weighted by Crippen LogP contribution is -2.23. The number of rotatable bonds is 4. The monoisotopic (exact) mass is 296 g/mol. The zero-order valence-corrected chi connectivity index (χ0v) is 11.2. The van der Waals surface area contributed by atoms with Crippen LogP contribution in [0.25, 0.3) is 0 Å². The molecule has 7 heteroatoms. The third-order valence-corrected chi connectivity index (χ3v) is 4.10. The maximum absolute atomic E-state index is 12.0. The fraction of sp³-hybridized carbons (Fsp3) is 0.0833. The van der Waals surface area contributed by atoms with Gasteiger partial charge in [0.2, 0.25) is 10.0 Å². The first-order valence-corrected chi connectivity index (χ1v) is 7.11. The van der Waals surface area contributed by atoms with E-state index in [-0.39, 0.29) is 22.0 Å². The predicted molar refractivity (Wildman–Crippen MR) is 68.9 cm³/mol.